The molecule has 0 aromatic carbocycles. The average molecular weight is 257 g/mol. The summed E-state index contributed by atoms with van der Waals surface area (Å²) < 4.78 is 5.28. The number of amides is 1. The van der Waals surface area contributed by atoms with Gasteiger partial charge in [0.15, 0.2) is 0 Å². The molecule has 1 fully saturated rings. The van der Waals surface area contributed by atoms with Crippen LogP contribution >= 0.6 is 0 Å². The quantitative estimate of drug-likeness (QED) is 0.817. The van der Waals surface area contributed by atoms with Crippen molar-refractivity contribution in [2.24, 2.45) is 5.92 Å². The summed E-state index contributed by atoms with van der Waals surface area (Å²) in [6.45, 7) is 7.67. The van der Waals surface area contributed by atoms with Crippen LogP contribution in [0.3, 0.4) is 0 Å². The number of alkyl carbamates (subject to hydrolysis) is 1. The molecule has 4 heteroatoms. The van der Waals surface area contributed by atoms with Crippen molar-refractivity contribution in [2.45, 2.75) is 77.5 Å². The van der Waals surface area contributed by atoms with Crippen molar-refractivity contribution in [2.75, 3.05) is 0 Å². The highest BCUT2D eigenvalue weighted by Crippen LogP contribution is 2.28. The molecule has 1 atom stereocenters. The Labute approximate surface area is 110 Å². The van der Waals surface area contributed by atoms with E-state index in [9.17, 15) is 9.90 Å². The van der Waals surface area contributed by atoms with Crippen molar-refractivity contribution in [1.29, 1.82) is 0 Å². The summed E-state index contributed by atoms with van der Waals surface area (Å²) in [6.07, 6.45) is 4.07. The van der Waals surface area contributed by atoms with Crippen LogP contribution in [0.25, 0.3) is 0 Å². The van der Waals surface area contributed by atoms with Gasteiger partial charge in [0, 0.05) is 6.04 Å². The van der Waals surface area contributed by atoms with Crippen LogP contribution in [0, 0.1) is 5.92 Å². The molecule has 0 saturated heterocycles. The lowest BCUT2D eigenvalue weighted by molar-refractivity contribution is 0.0449. The third-order valence-corrected chi connectivity index (χ3v) is 3.45. The van der Waals surface area contributed by atoms with Gasteiger partial charge in [-0.2, -0.15) is 0 Å². The Hall–Kier alpha value is -0.770. The Morgan fingerprint density at radius 2 is 1.89 bits per heavy atom. The minimum absolute atomic E-state index is 0.153. The molecular weight excluding hydrogens is 230 g/mol. The summed E-state index contributed by atoms with van der Waals surface area (Å²) in [5, 5.41) is 12.5. The molecule has 18 heavy (non-hydrogen) atoms. The molecule has 1 rings (SSSR count). The Morgan fingerprint density at radius 1 is 1.33 bits per heavy atom. The van der Waals surface area contributed by atoms with E-state index in [1.165, 1.54) is 0 Å². The normalized spacial score (nSPS) is 26.5. The Bertz CT molecular complexity index is 265. The van der Waals surface area contributed by atoms with Gasteiger partial charge in [0.25, 0.3) is 0 Å². The minimum Gasteiger partial charge on any atom is -0.444 e. The first kappa shape index (κ1) is 15.3. The largest absolute Gasteiger partial charge is 0.444 e. The minimum atomic E-state index is -0.453. The molecule has 0 aliphatic heterocycles. The first-order valence-corrected chi connectivity index (χ1v) is 6.99. The van der Waals surface area contributed by atoms with E-state index in [-0.39, 0.29) is 18.2 Å². The molecule has 1 aliphatic rings. The summed E-state index contributed by atoms with van der Waals surface area (Å²) in [5.41, 5.74) is -0.453. The Balaban J connectivity index is 2.44. The van der Waals surface area contributed by atoms with Gasteiger partial charge in [0.1, 0.15) is 5.60 Å². The number of aliphatic hydroxyl groups is 1. The van der Waals surface area contributed by atoms with Gasteiger partial charge in [-0.05, 0) is 58.8 Å². The number of hydrogen-bond donors (Lipinski definition) is 2. The number of carbonyl (C=O) groups excluding carboxylic acids is 1. The third-order valence-electron chi connectivity index (χ3n) is 3.45. The molecule has 4 nitrogen and oxygen atoms in total. The lowest BCUT2D eigenvalue weighted by Gasteiger charge is -2.32. The van der Waals surface area contributed by atoms with Crippen LogP contribution in [0.1, 0.15) is 59.8 Å². The van der Waals surface area contributed by atoms with Crippen molar-refractivity contribution >= 4 is 6.09 Å². The fourth-order valence-electron chi connectivity index (χ4n) is 2.52. The molecule has 2 N–H and O–H groups in total. The maximum atomic E-state index is 11.8. The predicted octanol–water partition coefficient (Wildman–Crippen LogP) is 2.84. The van der Waals surface area contributed by atoms with Crippen molar-refractivity contribution < 1.29 is 14.6 Å². The van der Waals surface area contributed by atoms with E-state index in [0.717, 1.165) is 32.1 Å². The van der Waals surface area contributed by atoms with Crippen LogP contribution in [0.2, 0.25) is 0 Å². The number of ether oxygens (including phenoxy) is 1. The average Bonchev–Trinajstić information content (AvgIpc) is 2.25. The highest BCUT2D eigenvalue weighted by Gasteiger charge is 2.28. The van der Waals surface area contributed by atoms with E-state index in [2.05, 4.69) is 12.2 Å². The molecular formula is C14H27NO3. The molecule has 0 spiro atoms. The standard InChI is InChI=1S/C14H27NO3/c1-5-12(10-6-8-11(16)9-7-10)15-13(17)18-14(2,3)4/h10-12,16H,5-9H2,1-4H3,(H,15,17). The van der Waals surface area contributed by atoms with Crippen molar-refractivity contribution in [3.05, 3.63) is 0 Å². The molecule has 1 aliphatic carbocycles. The monoisotopic (exact) mass is 257 g/mol. The number of nitrogens with one attached hydrogen (secondary N) is 1. The van der Waals surface area contributed by atoms with E-state index in [4.69, 9.17) is 4.74 Å². The summed E-state index contributed by atoms with van der Waals surface area (Å²) in [7, 11) is 0. The molecule has 0 aromatic rings. The summed E-state index contributed by atoms with van der Waals surface area (Å²) in [4.78, 5) is 11.8. The summed E-state index contributed by atoms with van der Waals surface area (Å²) in [6, 6.07) is 0.160. The highest BCUT2D eigenvalue weighted by molar-refractivity contribution is 5.68. The number of hydrogen-bond acceptors (Lipinski definition) is 3. The van der Waals surface area contributed by atoms with Crippen LogP contribution in [0.15, 0.2) is 0 Å². The summed E-state index contributed by atoms with van der Waals surface area (Å²) in [5.74, 6) is 0.464. The highest BCUT2D eigenvalue weighted by atomic mass is 16.6. The maximum Gasteiger partial charge on any atom is 0.407 e. The second-order valence-corrected chi connectivity index (χ2v) is 6.23. The van der Waals surface area contributed by atoms with Crippen molar-refractivity contribution in [3.63, 3.8) is 0 Å². The van der Waals surface area contributed by atoms with E-state index in [0.29, 0.717) is 5.92 Å². The van der Waals surface area contributed by atoms with Gasteiger partial charge in [-0.3, -0.25) is 0 Å². The van der Waals surface area contributed by atoms with E-state index >= 15 is 0 Å². The summed E-state index contributed by atoms with van der Waals surface area (Å²) >= 11 is 0. The lowest BCUT2D eigenvalue weighted by Crippen LogP contribution is -2.44. The van der Waals surface area contributed by atoms with Gasteiger partial charge in [0.2, 0.25) is 0 Å². The van der Waals surface area contributed by atoms with Gasteiger partial charge in [0.05, 0.1) is 6.10 Å². The zero-order chi connectivity index (χ0) is 13.8. The fraction of sp³-hybridized carbons (Fsp3) is 0.929. The first-order valence-electron chi connectivity index (χ1n) is 6.99. The first-order chi connectivity index (χ1) is 8.31. The van der Waals surface area contributed by atoms with Crippen LogP contribution in [0.5, 0.6) is 0 Å². The maximum absolute atomic E-state index is 11.8. The second kappa shape index (κ2) is 6.41. The molecule has 1 unspecified atom stereocenters. The Morgan fingerprint density at radius 3 is 2.33 bits per heavy atom. The van der Waals surface area contributed by atoms with Gasteiger partial charge >= 0.3 is 6.09 Å². The fourth-order valence-corrected chi connectivity index (χ4v) is 2.52. The van der Waals surface area contributed by atoms with Crippen LogP contribution < -0.4 is 5.32 Å². The third kappa shape index (κ3) is 5.25. The molecule has 0 bridgehead atoms. The van der Waals surface area contributed by atoms with E-state index in [1.807, 2.05) is 20.8 Å². The lowest BCUT2D eigenvalue weighted by atomic mass is 9.82. The molecule has 106 valence electrons. The van der Waals surface area contributed by atoms with E-state index < -0.39 is 5.60 Å². The van der Waals surface area contributed by atoms with Crippen molar-refractivity contribution in [1.82, 2.24) is 5.32 Å². The number of aliphatic hydroxyl groups excluding tert-OH is 1. The molecule has 1 saturated carbocycles. The van der Waals surface area contributed by atoms with Crippen LogP contribution in [0.4, 0.5) is 4.79 Å². The molecule has 1 amide bonds. The second-order valence-electron chi connectivity index (χ2n) is 6.23. The zero-order valence-electron chi connectivity index (χ0n) is 12.0. The van der Waals surface area contributed by atoms with Gasteiger partial charge < -0.3 is 15.2 Å². The Kier molecular flexibility index (Phi) is 5.45. The van der Waals surface area contributed by atoms with Gasteiger partial charge in [-0.15, -0.1) is 0 Å². The van der Waals surface area contributed by atoms with Crippen molar-refractivity contribution in [3.8, 4) is 0 Å². The van der Waals surface area contributed by atoms with Gasteiger partial charge in [-0.1, -0.05) is 6.92 Å². The number of rotatable bonds is 3. The molecule has 0 aromatic heterocycles. The van der Waals surface area contributed by atoms with E-state index in [1.54, 1.807) is 0 Å². The number of carbonyl (C=O) groups is 1. The van der Waals surface area contributed by atoms with Gasteiger partial charge in [-0.25, -0.2) is 4.79 Å². The molecule has 0 radical (unpaired) electrons. The topological polar surface area (TPSA) is 58.6 Å². The zero-order valence-corrected chi connectivity index (χ0v) is 12.0. The smallest absolute Gasteiger partial charge is 0.407 e. The SMILES string of the molecule is CCC(NC(=O)OC(C)(C)C)C1CCC(O)CC1. The molecule has 0 heterocycles. The van der Waals surface area contributed by atoms with Crippen LogP contribution in [-0.2, 0) is 4.74 Å². The predicted molar refractivity (Wildman–Crippen MR) is 71.4 cm³/mol. The van der Waals surface area contributed by atoms with Crippen LogP contribution in [-0.4, -0.2) is 28.9 Å².